The molecule has 3 rings (SSSR count). The number of rotatable bonds is 1. The maximum atomic E-state index is 12.2. The van der Waals surface area contributed by atoms with Gasteiger partial charge in [0.05, 0.1) is 6.10 Å². The minimum absolute atomic E-state index is 0.0851. The summed E-state index contributed by atoms with van der Waals surface area (Å²) in [7, 11) is 0. The maximum absolute atomic E-state index is 12.2. The van der Waals surface area contributed by atoms with E-state index in [1.165, 1.54) is 0 Å². The molecule has 0 aliphatic carbocycles. The van der Waals surface area contributed by atoms with Gasteiger partial charge >= 0.3 is 0 Å². The van der Waals surface area contributed by atoms with Crippen LogP contribution >= 0.6 is 0 Å². The van der Waals surface area contributed by atoms with Gasteiger partial charge in [-0.3, -0.25) is 4.79 Å². The van der Waals surface area contributed by atoms with Gasteiger partial charge in [0.25, 0.3) is 5.91 Å². The van der Waals surface area contributed by atoms with E-state index in [1.807, 2.05) is 24.3 Å². The number of carbonyl (C=O) groups is 1. The molecule has 2 heterocycles. The lowest BCUT2D eigenvalue weighted by Gasteiger charge is -2.28. The van der Waals surface area contributed by atoms with Crippen LogP contribution in [0.3, 0.4) is 0 Å². The molecular formula is C14H15NO3. The molecule has 1 aromatic carbocycles. The average molecular weight is 245 g/mol. The Morgan fingerprint density at radius 1 is 1.28 bits per heavy atom. The summed E-state index contributed by atoms with van der Waals surface area (Å²) < 4.78 is 5.56. The lowest BCUT2D eigenvalue weighted by molar-refractivity contribution is 0.0522. The smallest absolute Gasteiger partial charge is 0.289 e. The Morgan fingerprint density at radius 2 is 2.00 bits per heavy atom. The molecule has 1 aromatic heterocycles. The van der Waals surface area contributed by atoms with E-state index in [2.05, 4.69) is 0 Å². The number of benzene rings is 1. The van der Waals surface area contributed by atoms with E-state index in [-0.39, 0.29) is 12.0 Å². The van der Waals surface area contributed by atoms with Crippen LogP contribution in [0.25, 0.3) is 11.0 Å². The predicted molar refractivity (Wildman–Crippen MR) is 67.4 cm³/mol. The van der Waals surface area contributed by atoms with Crippen LogP contribution in [-0.4, -0.2) is 35.1 Å². The minimum atomic E-state index is -0.273. The van der Waals surface area contributed by atoms with Crippen molar-refractivity contribution in [3.8, 4) is 0 Å². The highest BCUT2D eigenvalue weighted by atomic mass is 16.3. The Balaban J connectivity index is 1.83. The van der Waals surface area contributed by atoms with Crippen LogP contribution in [0.4, 0.5) is 0 Å². The van der Waals surface area contributed by atoms with Gasteiger partial charge in [-0.15, -0.1) is 0 Å². The number of furan rings is 1. The molecule has 1 aliphatic heterocycles. The number of fused-ring (bicyclic) bond motifs is 1. The highest BCUT2D eigenvalue weighted by molar-refractivity contribution is 5.96. The van der Waals surface area contributed by atoms with Gasteiger partial charge in [0.15, 0.2) is 5.76 Å². The Kier molecular flexibility index (Phi) is 2.80. The van der Waals surface area contributed by atoms with E-state index >= 15 is 0 Å². The molecule has 1 amide bonds. The van der Waals surface area contributed by atoms with Crippen molar-refractivity contribution < 1.29 is 14.3 Å². The van der Waals surface area contributed by atoms with E-state index in [9.17, 15) is 9.90 Å². The van der Waals surface area contributed by atoms with Gasteiger partial charge in [0.1, 0.15) is 5.58 Å². The fourth-order valence-electron chi connectivity index (χ4n) is 2.31. The van der Waals surface area contributed by atoms with Crippen molar-refractivity contribution in [3.05, 3.63) is 36.1 Å². The summed E-state index contributed by atoms with van der Waals surface area (Å²) in [5, 5.41) is 10.4. The third kappa shape index (κ3) is 1.99. The Bertz CT molecular complexity index is 534. The minimum Gasteiger partial charge on any atom is -0.451 e. The lowest BCUT2D eigenvalue weighted by Crippen LogP contribution is -2.39. The van der Waals surface area contributed by atoms with Crippen molar-refractivity contribution in [1.82, 2.24) is 4.90 Å². The molecule has 0 atom stereocenters. The molecule has 0 unspecified atom stereocenters. The topological polar surface area (TPSA) is 53.7 Å². The average Bonchev–Trinajstić information content (AvgIpc) is 2.82. The van der Waals surface area contributed by atoms with E-state index in [0.717, 1.165) is 11.0 Å². The van der Waals surface area contributed by atoms with Crippen LogP contribution in [0, 0.1) is 0 Å². The second kappa shape index (κ2) is 4.46. The molecule has 0 saturated carbocycles. The van der Waals surface area contributed by atoms with E-state index in [4.69, 9.17) is 4.42 Å². The number of hydrogen-bond donors (Lipinski definition) is 1. The molecule has 1 N–H and O–H groups in total. The summed E-state index contributed by atoms with van der Waals surface area (Å²) in [6.07, 6.45) is 1.02. The molecule has 4 heteroatoms. The molecule has 2 aromatic rings. The summed E-state index contributed by atoms with van der Waals surface area (Å²) in [4.78, 5) is 14.0. The molecule has 94 valence electrons. The number of amides is 1. The number of likely N-dealkylation sites (tertiary alicyclic amines) is 1. The SMILES string of the molecule is O=C(c1cc2ccccc2o1)N1CCC(O)CC1. The van der Waals surface area contributed by atoms with Crippen LogP contribution in [-0.2, 0) is 0 Å². The molecule has 4 nitrogen and oxygen atoms in total. The van der Waals surface area contributed by atoms with Crippen LogP contribution in [0.2, 0.25) is 0 Å². The van der Waals surface area contributed by atoms with E-state index < -0.39 is 0 Å². The number of carbonyl (C=O) groups excluding carboxylic acids is 1. The Morgan fingerprint density at radius 3 is 2.72 bits per heavy atom. The molecule has 18 heavy (non-hydrogen) atoms. The molecule has 1 aliphatic rings. The third-order valence-electron chi connectivity index (χ3n) is 3.39. The normalized spacial score (nSPS) is 17.3. The van der Waals surface area contributed by atoms with Gasteiger partial charge in [-0.05, 0) is 25.0 Å². The van der Waals surface area contributed by atoms with Crippen molar-refractivity contribution in [2.45, 2.75) is 18.9 Å². The summed E-state index contributed by atoms with van der Waals surface area (Å²) >= 11 is 0. The van der Waals surface area contributed by atoms with Gasteiger partial charge in [0.2, 0.25) is 0 Å². The summed E-state index contributed by atoms with van der Waals surface area (Å²) in [6.45, 7) is 1.19. The molecular weight excluding hydrogens is 230 g/mol. The molecule has 0 spiro atoms. The van der Waals surface area contributed by atoms with Gasteiger partial charge in [-0.25, -0.2) is 0 Å². The van der Waals surface area contributed by atoms with Crippen LogP contribution in [0.5, 0.6) is 0 Å². The van der Waals surface area contributed by atoms with Crippen molar-refractivity contribution in [1.29, 1.82) is 0 Å². The lowest BCUT2D eigenvalue weighted by atomic mass is 10.1. The van der Waals surface area contributed by atoms with Gasteiger partial charge < -0.3 is 14.4 Å². The fraction of sp³-hybridized carbons (Fsp3) is 0.357. The van der Waals surface area contributed by atoms with Crippen molar-refractivity contribution in [2.24, 2.45) is 0 Å². The third-order valence-corrected chi connectivity index (χ3v) is 3.39. The summed E-state index contributed by atoms with van der Waals surface area (Å²) in [5.74, 6) is 0.297. The highest BCUT2D eigenvalue weighted by Gasteiger charge is 2.24. The zero-order valence-electron chi connectivity index (χ0n) is 10.0. The summed E-state index contributed by atoms with van der Waals surface area (Å²) in [6, 6.07) is 9.37. The first-order valence-electron chi connectivity index (χ1n) is 6.20. The van der Waals surface area contributed by atoms with Crippen LogP contribution in [0.15, 0.2) is 34.7 Å². The van der Waals surface area contributed by atoms with Crippen LogP contribution < -0.4 is 0 Å². The van der Waals surface area contributed by atoms with Crippen molar-refractivity contribution in [2.75, 3.05) is 13.1 Å². The first kappa shape index (κ1) is 11.3. The quantitative estimate of drug-likeness (QED) is 0.836. The largest absolute Gasteiger partial charge is 0.451 e. The first-order valence-corrected chi connectivity index (χ1v) is 6.20. The fourth-order valence-corrected chi connectivity index (χ4v) is 2.31. The Labute approximate surface area is 105 Å². The van der Waals surface area contributed by atoms with Gasteiger partial charge in [-0.1, -0.05) is 18.2 Å². The number of piperidine rings is 1. The highest BCUT2D eigenvalue weighted by Crippen LogP contribution is 2.21. The number of hydrogen-bond acceptors (Lipinski definition) is 3. The van der Waals surface area contributed by atoms with Gasteiger partial charge in [0, 0.05) is 18.5 Å². The Hall–Kier alpha value is -1.81. The van der Waals surface area contributed by atoms with Gasteiger partial charge in [-0.2, -0.15) is 0 Å². The maximum Gasteiger partial charge on any atom is 0.289 e. The zero-order valence-corrected chi connectivity index (χ0v) is 10.0. The molecule has 0 radical (unpaired) electrons. The number of nitrogens with zero attached hydrogens (tertiary/aromatic N) is 1. The second-order valence-corrected chi connectivity index (χ2v) is 4.67. The standard InChI is InChI=1S/C14H15NO3/c16-11-5-7-15(8-6-11)14(17)13-9-10-3-1-2-4-12(10)18-13/h1-4,9,11,16H,5-8H2. The number of aliphatic hydroxyl groups excluding tert-OH is 1. The van der Waals surface area contributed by atoms with E-state index in [1.54, 1.807) is 11.0 Å². The number of para-hydroxylation sites is 1. The van der Waals surface area contributed by atoms with Crippen molar-refractivity contribution in [3.63, 3.8) is 0 Å². The van der Waals surface area contributed by atoms with E-state index in [0.29, 0.717) is 31.7 Å². The van der Waals surface area contributed by atoms with Crippen molar-refractivity contribution >= 4 is 16.9 Å². The molecule has 1 saturated heterocycles. The predicted octanol–water partition coefficient (Wildman–Crippen LogP) is 2.03. The molecule has 1 fully saturated rings. The first-order chi connectivity index (χ1) is 8.74. The number of aliphatic hydroxyl groups is 1. The second-order valence-electron chi connectivity index (χ2n) is 4.67. The monoisotopic (exact) mass is 245 g/mol. The van der Waals surface area contributed by atoms with Crippen LogP contribution in [0.1, 0.15) is 23.4 Å². The zero-order chi connectivity index (χ0) is 12.5. The summed E-state index contributed by atoms with van der Waals surface area (Å²) in [5.41, 5.74) is 0.734. The molecule has 0 bridgehead atoms.